The highest BCUT2D eigenvalue weighted by Gasteiger charge is 2.30. The third-order valence-electron chi connectivity index (χ3n) is 1.60. The Balaban J connectivity index is 2.94. The van der Waals surface area contributed by atoms with E-state index < -0.39 is 17.9 Å². The van der Waals surface area contributed by atoms with E-state index in [9.17, 15) is 17.6 Å². The van der Waals surface area contributed by atoms with Crippen LogP contribution in [0.25, 0.3) is 0 Å². The van der Waals surface area contributed by atoms with Gasteiger partial charge in [-0.05, 0) is 24.6 Å². The van der Waals surface area contributed by atoms with E-state index in [2.05, 4.69) is 6.92 Å². The summed E-state index contributed by atoms with van der Waals surface area (Å²) in [5.41, 5.74) is -0.634. The molecule has 71 valence electrons. The van der Waals surface area contributed by atoms with E-state index in [4.69, 9.17) is 0 Å². The monoisotopic (exact) mass is 191 g/mol. The van der Waals surface area contributed by atoms with Gasteiger partial charge in [0.15, 0.2) is 0 Å². The van der Waals surface area contributed by atoms with Gasteiger partial charge >= 0.3 is 6.18 Å². The van der Waals surface area contributed by atoms with Crippen molar-refractivity contribution in [2.24, 2.45) is 0 Å². The van der Waals surface area contributed by atoms with Crippen LogP contribution in [0, 0.1) is 6.92 Å². The Labute approximate surface area is 73.2 Å². The first-order valence-corrected chi connectivity index (χ1v) is 3.55. The lowest BCUT2D eigenvalue weighted by Gasteiger charge is -2.07. The molecule has 4 heteroatoms. The lowest BCUT2D eigenvalue weighted by molar-refractivity contribution is -0.137. The SMILES string of the molecule is [CH2]C(F)c1ccc(C(F)(F)F)cc1. The Hall–Kier alpha value is -1.06. The molecule has 0 fully saturated rings. The van der Waals surface area contributed by atoms with Crippen molar-refractivity contribution >= 4 is 0 Å². The smallest absolute Gasteiger partial charge is 0.242 e. The zero-order valence-corrected chi connectivity index (χ0v) is 6.61. The maximum atomic E-state index is 12.5. The molecule has 0 aromatic heterocycles. The second-order valence-corrected chi connectivity index (χ2v) is 2.59. The highest BCUT2D eigenvalue weighted by Crippen LogP contribution is 2.30. The van der Waals surface area contributed by atoms with Gasteiger partial charge < -0.3 is 0 Å². The van der Waals surface area contributed by atoms with Gasteiger partial charge in [0.2, 0.25) is 0 Å². The predicted octanol–water partition coefficient (Wildman–Crippen LogP) is 3.55. The van der Waals surface area contributed by atoms with Gasteiger partial charge in [-0.3, -0.25) is 0 Å². The fraction of sp³-hybridized carbons (Fsp3) is 0.222. The van der Waals surface area contributed by atoms with Crippen LogP contribution in [0.4, 0.5) is 17.6 Å². The first-order chi connectivity index (χ1) is 5.91. The highest BCUT2D eigenvalue weighted by molar-refractivity contribution is 5.26. The molecule has 0 aliphatic rings. The summed E-state index contributed by atoms with van der Waals surface area (Å²) < 4.78 is 48.5. The van der Waals surface area contributed by atoms with Crippen molar-refractivity contribution in [1.29, 1.82) is 0 Å². The molecule has 13 heavy (non-hydrogen) atoms. The minimum atomic E-state index is -4.37. The molecule has 1 atom stereocenters. The zero-order chi connectivity index (χ0) is 10.1. The van der Waals surface area contributed by atoms with Crippen LogP contribution in [0.15, 0.2) is 24.3 Å². The Morgan fingerprint density at radius 2 is 1.54 bits per heavy atom. The molecule has 0 amide bonds. The van der Waals surface area contributed by atoms with E-state index in [0.717, 1.165) is 24.3 Å². The van der Waals surface area contributed by atoms with Crippen LogP contribution in [0.5, 0.6) is 0 Å². The lowest BCUT2D eigenvalue weighted by Crippen LogP contribution is -2.04. The Kier molecular flexibility index (Phi) is 2.59. The standard InChI is InChI=1S/C9H7F4/c1-6(10)7-2-4-8(5-3-7)9(11,12)13/h2-6H,1H2. The van der Waals surface area contributed by atoms with E-state index in [1.165, 1.54) is 0 Å². The number of alkyl halides is 4. The van der Waals surface area contributed by atoms with E-state index in [-0.39, 0.29) is 5.56 Å². The van der Waals surface area contributed by atoms with Crippen molar-refractivity contribution in [1.82, 2.24) is 0 Å². The second kappa shape index (κ2) is 3.36. The minimum absolute atomic E-state index is 0.146. The Bertz CT molecular complexity index is 271. The van der Waals surface area contributed by atoms with Crippen molar-refractivity contribution in [2.75, 3.05) is 0 Å². The summed E-state index contributed by atoms with van der Waals surface area (Å²) in [6.07, 6.45) is -5.85. The maximum absolute atomic E-state index is 12.5. The summed E-state index contributed by atoms with van der Waals surface area (Å²) >= 11 is 0. The molecule has 0 N–H and O–H groups in total. The molecule has 0 aliphatic heterocycles. The largest absolute Gasteiger partial charge is 0.416 e. The van der Waals surface area contributed by atoms with Gasteiger partial charge in [0, 0.05) is 0 Å². The summed E-state index contributed by atoms with van der Waals surface area (Å²) in [6, 6.07) is 3.85. The van der Waals surface area contributed by atoms with Crippen LogP contribution in [0.1, 0.15) is 17.3 Å². The van der Waals surface area contributed by atoms with E-state index in [1.807, 2.05) is 0 Å². The topological polar surface area (TPSA) is 0 Å². The van der Waals surface area contributed by atoms with Gasteiger partial charge in [0.05, 0.1) is 5.56 Å². The summed E-state index contributed by atoms with van der Waals surface area (Å²) in [7, 11) is 0. The summed E-state index contributed by atoms with van der Waals surface area (Å²) in [5.74, 6) is 0. The van der Waals surface area contributed by atoms with Crippen molar-refractivity contribution < 1.29 is 17.6 Å². The first-order valence-electron chi connectivity index (χ1n) is 3.55. The van der Waals surface area contributed by atoms with Gasteiger partial charge in [-0.25, -0.2) is 4.39 Å². The molecule has 0 nitrogen and oxygen atoms in total. The summed E-state index contributed by atoms with van der Waals surface area (Å²) in [6.45, 7) is 3.05. The van der Waals surface area contributed by atoms with Gasteiger partial charge in [-0.2, -0.15) is 13.2 Å². The molecule has 1 rings (SSSR count). The molecule has 1 aromatic rings. The van der Waals surface area contributed by atoms with E-state index >= 15 is 0 Å². The normalized spacial score (nSPS) is 14.2. The van der Waals surface area contributed by atoms with Crippen LogP contribution in [-0.4, -0.2) is 0 Å². The molecule has 0 spiro atoms. The van der Waals surface area contributed by atoms with Crippen LogP contribution >= 0.6 is 0 Å². The van der Waals surface area contributed by atoms with Crippen molar-refractivity contribution in [3.05, 3.63) is 42.3 Å². The average molecular weight is 191 g/mol. The van der Waals surface area contributed by atoms with E-state index in [0.29, 0.717) is 0 Å². The number of hydrogen-bond donors (Lipinski definition) is 0. The molecule has 0 aliphatic carbocycles. The molecule has 1 radical (unpaired) electrons. The summed E-state index contributed by atoms with van der Waals surface area (Å²) in [4.78, 5) is 0. The molecule has 0 saturated carbocycles. The fourth-order valence-electron chi connectivity index (χ4n) is 0.881. The Morgan fingerprint density at radius 3 is 1.85 bits per heavy atom. The van der Waals surface area contributed by atoms with E-state index in [1.54, 1.807) is 0 Å². The quantitative estimate of drug-likeness (QED) is 0.595. The Morgan fingerprint density at radius 1 is 1.08 bits per heavy atom. The third kappa shape index (κ3) is 2.44. The van der Waals surface area contributed by atoms with Gasteiger partial charge in [-0.15, -0.1) is 0 Å². The molecule has 0 saturated heterocycles. The number of rotatable bonds is 1. The number of hydrogen-bond acceptors (Lipinski definition) is 0. The van der Waals surface area contributed by atoms with Crippen LogP contribution in [0.2, 0.25) is 0 Å². The number of benzene rings is 1. The molecule has 1 unspecified atom stereocenters. The van der Waals surface area contributed by atoms with Crippen molar-refractivity contribution in [3.8, 4) is 0 Å². The predicted molar refractivity (Wildman–Crippen MR) is 40.7 cm³/mol. The third-order valence-corrected chi connectivity index (χ3v) is 1.60. The van der Waals surface area contributed by atoms with Crippen molar-refractivity contribution in [3.63, 3.8) is 0 Å². The highest BCUT2D eigenvalue weighted by atomic mass is 19.4. The molecule has 1 aromatic carbocycles. The molecule has 0 heterocycles. The van der Waals surface area contributed by atoms with Crippen LogP contribution in [0.3, 0.4) is 0 Å². The maximum Gasteiger partial charge on any atom is 0.416 e. The van der Waals surface area contributed by atoms with Crippen molar-refractivity contribution in [2.45, 2.75) is 12.3 Å². The van der Waals surface area contributed by atoms with Gasteiger partial charge in [0.1, 0.15) is 6.17 Å². The summed E-state index contributed by atoms with van der Waals surface area (Å²) in [5, 5.41) is 0. The van der Waals surface area contributed by atoms with Crippen LogP contribution in [-0.2, 0) is 6.18 Å². The van der Waals surface area contributed by atoms with Gasteiger partial charge in [-0.1, -0.05) is 12.1 Å². The second-order valence-electron chi connectivity index (χ2n) is 2.59. The fourth-order valence-corrected chi connectivity index (χ4v) is 0.881. The average Bonchev–Trinajstić information content (AvgIpc) is 2.03. The molecule has 0 bridgehead atoms. The molecular formula is C9H7F4. The molecular weight excluding hydrogens is 184 g/mol. The van der Waals surface area contributed by atoms with Gasteiger partial charge in [0.25, 0.3) is 0 Å². The number of halogens is 4. The zero-order valence-electron chi connectivity index (χ0n) is 6.61. The minimum Gasteiger partial charge on any atom is -0.242 e. The lowest BCUT2D eigenvalue weighted by atomic mass is 10.1. The van der Waals surface area contributed by atoms with Crippen LogP contribution < -0.4 is 0 Å². The first kappa shape index (κ1) is 10.0.